The van der Waals surface area contributed by atoms with Crippen LogP contribution in [-0.4, -0.2) is 54.3 Å². The molecule has 0 aliphatic carbocycles. The van der Waals surface area contributed by atoms with Crippen LogP contribution in [0.3, 0.4) is 0 Å². The van der Waals surface area contributed by atoms with E-state index in [1.54, 1.807) is 11.3 Å². The molecule has 0 saturated carbocycles. The summed E-state index contributed by atoms with van der Waals surface area (Å²) in [6, 6.07) is 10.8. The zero-order chi connectivity index (χ0) is 22.8. The van der Waals surface area contributed by atoms with Gasteiger partial charge < -0.3 is 19.7 Å². The fourth-order valence-electron chi connectivity index (χ4n) is 4.28. The second-order valence-electron chi connectivity index (χ2n) is 7.94. The molecule has 1 aliphatic heterocycles. The van der Waals surface area contributed by atoms with Crippen LogP contribution < -0.4 is 19.7 Å². The first-order valence-corrected chi connectivity index (χ1v) is 12.5. The quantitative estimate of drug-likeness (QED) is 0.427. The van der Waals surface area contributed by atoms with Crippen molar-refractivity contribution in [3.05, 3.63) is 35.9 Å². The Hall–Kier alpha value is -2.97. The van der Waals surface area contributed by atoms with Crippen LogP contribution in [0.15, 0.2) is 30.3 Å². The van der Waals surface area contributed by atoms with Gasteiger partial charge in [-0.25, -0.2) is 4.98 Å². The number of aryl methyl sites for hydroxylation is 1. The Morgan fingerprint density at radius 2 is 1.73 bits per heavy atom. The van der Waals surface area contributed by atoms with Gasteiger partial charge in [0.05, 0.1) is 23.6 Å². The third-order valence-corrected chi connectivity index (χ3v) is 6.93. The maximum atomic E-state index is 5.77. The molecular formula is C25H29N5O2S. The minimum absolute atomic E-state index is 0.441. The Labute approximate surface area is 197 Å². The lowest BCUT2D eigenvalue weighted by Crippen LogP contribution is -2.44. The van der Waals surface area contributed by atoms with Gasteiger partial charge in [0.1, 0.15) is 16.1 Å². The summed E-state index contributed by atoms with van der Waals surface area (Å²) >= 11 is 1.68. The first-order chi connectivity index (χ1) is 16.2. The zero-order valence-electron chi connectivity index (χ0n) is 19.4. The molecule has 1 saturated heterocycles. The van der Waals surface area contributed by atoms with E-state index in [2.05, 4.69) is 35.3 Å². The summed E-state index contributed by atoms with van der Waals surface area (Å²) in [5, 5.41) is 4.54. The van der Waals surface area contributed by atoms with Crippen molar-refractivity contribution in [2.75, 3.05) is 44.3 Å². The highest BCUT2D eigenvalue weighted by Gasteiger charge is 2.23. The van der Waals surface area contributed by atoms with Crippen LogP contribution in [0.2, 0.25) is 0 Å². The van der Waals surface area contributed by atoms with Crippen molar-refractivity contribution < 1.29 is 9.47 Å². The van der Waals surface area contributed by atoms with Crippen molar-refractivity contribution in [1.29, 1.82) is 0 Å². The Bertz CT molecular complexity index is 1270. The number of thiophene rings is 1. The van der Waals surface area contributed by atoms with Crippen molar-refractivity contribution in [3.63, 3.8) is 0 Å². The number of nitrogens with one attached hydrogen (secondary N) is 1. The first-order valence-electron chi connectivity index (χ1n) is 11.7. The third-order valence-electron chi connectivity index (χ3n) is 5.86. The molecule has 8 heteroatoms. The molecule has 33 heavy (non-hydrogen) atoms. The van der Waals surface area contributed by atoms with E-state index in [1.807, 2.05) is 26.0 Å². The van der Waals surface area contributed by atoms with Gasteiger partial charge in [-0.15, -0.1) is 11.3 Å². The third kappa shape index (κ3) is 4.20. The molecule has 1 aromatic carbocycles. The highest BCUT2D eigenvalue weighted by Crippen LogP contribution is 2.41. The van der Waals surface area contributed by atoms with Gasteiger partial charge in [0.2, 0.25) is 0 Å². The Balaban J connectivity index is 1.68. The smallest absolute Gasteiger partial charge is 0.319 e. The van der Waals surface area contributed by atoms with E-state index < -0.39 is 0 Å². The van der Waals surface area contributed by atoms with E-state index >= 15 is 0 Å². The highest BCUT2D eigenvalue weighted by atomic mass is 32.1. The van der Waals surface area contributed by atoms with Crippen molar-refractivity contribution in [1.82, 2.24) is 20.3 Å². The number of ether oxygens (including phenoxy) is 2. The summed E-state index contributed by atoms with van der Waals surface area (Å²) in [7, 11) is 0. The van der Waals surface area contributed by atoms with Crippen LogP contribution in [-0.2, 0) is 6.42 Å². The van der Waals surface area contributed by atoms with Crippen LogP contribution in [0.5, 0.6) is 11.8 Å². The Morgan fingerprint density at radius 3 is 2.42 bits per heavy atom. The second kappa shape index (κ2) is 9.49. The maximum absolute atomic E-state index is 5.77. The summed E-state index contributed by atoms with van der Waals surface area (Å²) in [5.74, 6) is 1.83. The predicted octanol–water partition coefficient (Wildman–Crippen LogP) is 4.68. The van der Waals surface area contributed by atoms with Gasteiger partial charge in [0.15, 0.2) is 5.82 Å². The number of rotatable bonds is 7. The largest absolute Gasteiger partial charge is 0.494 e. The van der Waals surface area contributed by atoms with Gasteiger partial charge in [-0.2, -0.15) is 9.97 Å². The van der Waals surface area contributed by atoms with Gasteiger partial charge in [0, 0.05) is 37.1 Å². The number of piperazine rings is 1. The van der Waals surface area contributed by atoms with E-state index in [9.17, 15) is 0 Å². The van der Waals surface area contributed by atoms with E-state index in [-0.39, 0.29) is 0 Å². The van der Waals surface area contributed by atoms with Gasteiger partial charge in [-0.3, -0.25) is 0 Å². The zero-order valence-corrected chi connectivity index (χ0v) is 20.2. The molecule has 0 unspecified atom stereocenters. The molecule has 0 radical (unpaired) electrons. The molecule has 4 aromatic rings. The molecule has 3 aromatic heterocycles. The standard InChI is InChI=1S/C25H29N5O2S/c1-4-16-15-19(17-7-9-18(10-8-17)31-5-2)27-24-20(16)21-22(33-24)23(29-25(28-21)32-6-3)30-13-11-26-12-14-30/h7-10,15,26H,4-6,11-14H2,1-3H3. The SMILES string of the molecule is CCOc1ccc(-c2cc(CC)c3c(n2)sc2c(N4CCNCC4)nc(OCC)nc23)cc1. The molecule has 0 amide bonds. The molecule has 172 valence electrons. The van der Waals surface area contributed by atoms with Gasteiger partial charge >= 0.3 is 6.01 Å². The fraction of sp³-hybridized carbons (Fsp3) is 0.400. The molecule has 0 bridgehead atoms. The van der Waals surface area contributed by atoms with Crippen LogP contribution in [0, 0.1) is 0 Å². The predicted molar refractivity (Wildman–Crippen MR) is 135 cm³/mol. The van der Waals surface area contributed by atoms with Crippen molar-refractivity contribution in [2.24, 2.45) is 0 Å². The number of pyridine rings is 1. The summed E-state index contributed by atoms with van der Waals surface area (Å²) in [6.45, 7) is 11.1. The number of aromatic nitrogens is 3. The highest BCUT2D eigenvalue weighted by molar-refractivity contribution is 7.26. The minimum Gasteiger partial charge on any atom is -0.494 e. The van der Waals surface area contributed by atoms with Crippen molar-refractivity contribution in [3.8, 4) is 23.0 Å². The number of nitrogens with zero attached hydrogens (tertiary/aromatic N) is 4. The Kier molecular flexibility index (Phi) is 6.28. The second-order valence-corrected chi connectivity index (χ2v) is 8.94. The fourth-order valence-corrected chi connectivity index (χ4v) is 5.46. The van der Waals surface area contributed by atoms with Crippen LogP contribution in [0.4, 0.5) is 5.82 Å². The normalized spacial score (nSPS) is 14.2. The van der Waals surface area contributed by atoms with E-state index in [1.165, 1.54) is 5.56 Å². The Morgan fingerprint density at radius 1 is 0.970 bits per heavy atom. The van der Waals surface area contributed by atoms with Gasteiger partial charge in [0.25, 0.3) is 0 Å². The number of benzene rings is 1. The topological polar surface area (TPSA) is 72.4 Å². The van der Waals surface area contributed by atoms with E-state index in [4.69, 9.17) is 24.4 Å². The molecule has 4 heterocycles. The summed E-state index contributed by atoms with van der Waals surface area (Å²) in [4.78, 5) is 18.0. The molecule has 1 fully saturated rings. The average molecular weight is 464 g/mol. The van der Waals surface area contributed by atoms with Crippen LogP contribution in [0.1, 0.15) is 26.3 Å². The summed E-state index contributed by atoms with van der Waals surface area (Å²) in [5.41, 5.74) is 4.23. The first kappa shape index (κ1) is 21.9. The van der Waals surface area contributed by atoms with E-state index in [0.717, 1.165) is 75.9 Å². The molecule has 5 rings (SSSR count). The monoisotopic (exact) mass is 463 g/mol. The average Bonchev–Trinajstić information content (AvgIpc) is 3.23. The van der Waals surface area contributed by atoms with Crippen LogP contribution in [0.25, 0.3) is 31.7 Å². The number of hydrogen-bond acceptors (Lipinski definition) is 8. The molecule has 0 atom stereocenters. The maximum Gasteiger partial charge on any atom is 0.319 e. The summed E-state index contributed by atoms with van der Waals surface area (Å²) in [6.07, 6.45) is 0.895. The van der Waals surface area contributed by atoms with E-state index in [0.29, 0.717) is 19.2 Å². The molecule has 0 spiro atoms. The molecule has 1 aliphatic rings. The lowest BCUT2D eigenvalue weighted by atomic mass is 10.0. The summed E-state index contributed by atoms with van der Waals surface area (Å²) < 4.78 is 12.5. The van der Waals surface area contributed by atoms with Gasteiger partial charge in [-0.1, -0.05) is 6.92 Å². The molecule has 1 N–H and O–H groups in total. The minimum atomic E-state index is 0.441. The van der Waals surface area contributed by atoms with Crippen LogP contribution >= 0.6 is 11.3 Å². The van der Waals surface area contributed by atoms with Crippen molar-refractivity contribution in [2.45, 2.75) is 27.2 Å². The van der Waals surface area contributed by atoms with Gasteiger partial charge in [-0.05, 0) is 56.2 Å². The van der Waals surface area contributed by atoms with Crippen molar-refractivity contribution >= 4 is 37.6 Å². The number of anilines is 1. The number of hydrogen-bond donors (Lipinski definition) is 1. The number of fused-ring (bicyclic) bond motifs is 3. The lowest BCUT2D eigenvalue weighted by Gasteiger charge is -2.28. The molecular weight excluding hydrogens is 434 g/mol. The lowest BCUT2D eigenvalue weighted by molar-refractivity contribution is 0.314. The molecule has 7 nitrogen and oxygen atoms in total.